The average molecular weight is 566 g/mol. The van der Waals surface area contributed by atoms with Gasteiger partial charge in [-0.2, -0.15) is 0 Å². The molecular formula is C33H29NO4P2. The lowest BCUT2D eigenvalue weighted by molar-refractivity contribution is 0.452. The largest absolute Gasteiger partial charge is 0.438 e. The van der Waals surface area contributed by atoms with Gasteiger partial charge in [-0.05, 0) is 66.6 Å². The maximum absolute atomic E-state index is 6.62. The van der Waals surface area contributed by atoms with Crippen LogP contribution in [0.2, 0.25) is 0 Å². The number of rotatable bonds is 10. The molecule has 0 aliphatic carbocycles. The third-order valence-electron chi connectivity index (χ3n) is 6.35. The van der Waals surface area contributed by atoms with Crippen LogP contribution in [-0.4, -0.2) is 5.78 Å². The van der Waals surface area contributed by atoms with E-state index in [0.717, 1.165) is 34.2 Å². The van der Waals surface area contributed by atoms with E-state index in [1.165, 1.54) is 0 Å². The Morgan fingerprint density at radius 2 is 0.825 bits per heavy atom. The molecule has 1 aliphatic heterocycles. The van der Waals surface area contributed by atoms with Gasteiger partial charge in [-0.15, -0.1) is 0 Å². The molecule has 0 saturated carbocycles. The molecule has 0 aromatic heterocycles. The Hall–Kier alpha value is -4.04. The maximum Gasteiger partial charge on any atom is 0.314 e. The summed E-state index contributed by atoms with van der Waals surface area (Å²) in [5.41, 5.74) is 2.15. The van der Waals surface area contributed by atoms with E-state index in [2.05, 4.69) is 23.5 Å². The van der Waals surface area contributed by atoms with Crippen LogP contribution in [0.4, 0.5) is 5.69 Å². The number of anilines is 1. The third kappa shape index (κ3) is 6.57. The number of fused-ring (bicyclic) bond motifs is 1. The highest BCUT2D eigenvalue weighted by Crippen LogP contribution is 2.61. The van der Waals surface area contributed by atoms with Crippen molar-refractivity contribution in [3.63, 3.8) is 0 Å². The zero-order valence-corrected chi connectivity index (χ0v) is 23.5. The monoisotopic (exact) mass is 565 g/mol. The summed E-state index contributed by atoms with van der Waals surface area (Å²) in [7, 11) is -2.87. The number of benzene rings is 5. The van der Waals surface area contributed by atoms with E-state index in [-0.39, 0.29) is 11.4 Å². The maximum atomic E-state index is 6.62. The first kappa shape index (κ1) is 26.2. The first-order chi connectivity index (χ1) is 19.8. The van der Waals surface area contributed by atoms with Crippen molar-refractivity contribution in [2.75, 3.05) is 5.32 Å². The predicted octanol–water partition coefficient (Wildman–Crippen LogP) is 9.81. The van der Waals surface area contributed by atoms with Crippen LogP contribution in [0.25, 0.3) is 0 Å². The summed E-state index contributed by atoms with van der Waals surface area (Å²) in [6.45, 7) is 0. The van der Waals surface area contributed by atoms with Crippen molar-refractivity contribution in [3.8, 4) is 23.0 Å². The van der Waals surface area contributed by atoms with Crippen LogP contribution >= 0.6 is 16.8 Å². The molecule has 200 valence electrons. The smallest absolute Gasteiger partial charge is 0.314 e. The molecule has 2 unspecified atom stereocenters. The van der Waals surface area contributed by atoms with Gasteiger partial charge in [0.05, 0.1) is 5.66 Å². The van der Waals surface area contributed by atoms with Crippen molar-refractivity contribution in [1.82, 2.24) is 0 Å². The van der Waals surface area contributed by atoms with E-state index >= 15 is 0 Å². The van der Waals surface area contributed by atoms with Crippen LogP contribution in [-0.2, 0) is 0 Å². The van der Waals surface area contributed by atoms with Crippen molar-refractivity contribution in [1.29, 1.82) is 0 Å². The molecule has 7 heteroatoms. The van der Waals surface area contributed by atoms with Gasteiger partial charge in [0.1, 0.15) is 28.8 Å². The van der Waals surface area contributed by atoms with Crippen molar-refractivity contribution >= 4 is 22.4 Å². The second-order valence-electron chi connectivity index (χ2n) is 9.19. The van der Waals surface area contributed by atoms with Crippen molar-refractivity contribution < 1.29 is 18.1 Å². The Kier molecular flexibility index (Phi) is 8.43. The molecule has 0 bridgehead atoms. The SMILES string of the molecule is c1ccc(OP(Oc2ccccc2)C2CC(P(Oc3ccccc3)Oc3ccccc3)c3ccccc3N2)cc1. The molecule has 0 fully saturated rings. The fourth-order valence-electron chi connectivity index (χ4n) is 4.47. The topological polar surface area (TPSA) is 49.0 Å². The molecule has 2 atom stereocenters. The van der Waals surface area contributed by atoms with Crippen LogP contribution in [0.5, 0.6) is 23.0 Å². The van der Waals surface area contributed by atoms with E-state index in [9.17, 15) is 0 Å². The summed E-state index contributed by atoms with van der Waals surface area (Å²) in [5.74, 6) is 2.97. The Balaban J connectivity index is 1.35. The van der Waals surface area contributed by atoms with E-state index in [1.807, 2.05) is 127 Å². The summed E-state index contributed by atoms with van der Waals surface area (Å²) in [5, 5.41) is 3.73. The van der Waals surface area contributed by atoms with Crippen LogP contribution < -0.4 is 23.4 Å². The first-order valence-corrected chi connectivity index (χ1v) is 15.7. The van der Waals surface area contributed by atoms with Crippen molar-refractivity contribution in [2.45, 2.75) is 17.9 Å². The number of para-hydroxylation sites is 5. The molecule has 1 N–H and O–H groups in total. The Morgan fingerprint density at radius 1 is 0.450 bits per heavy atom. The summed E-state index contributed by atoms with van der Waals surface area (Å²) in [4.78, 5) is 0. The van der Waals surface area contributed by atoms with Gasteiger partial charge in [0.2, 0.25) is 0 Å². The minimum Gasteiger partial charge on any atom is -0.438 e. The van der Waals surface area contributed by atoms with Gasteiger partial charge < -0.3 is 23.4 Å². The van der Waals surface area contributed by atoms with Gasteiger partial charge >= 0.3 is 8.38 Å². The summed E-state index contributed by atoms with van der Waals surface area (Å²) in [6, 6.07) is 47.8. The molecule has 1 heterocycles. The molecule has 0 spiro atoms. The van der Waals surface area contributed by atoms with E-state index < -0.39 is 16.8 Å². The molecule has 5 aromatic rings. The second kappa shape index (κ2) is 12.9. The van der Waals surface area contributed by atoms with E-state index in [1.54, 1.807) is 0 Å². The van der Waals surface area contributed by atoms with Gasteiger partial charge in [-0.1, -0.05) is 91.0 Å². The van der Waals surface area contributed by atoms with Gasteiger partial charge in [0.15, 0.2) is 0 Å². The van der Waals surface area contributed by atoms with Gasteiger partial charge in [0, 0.05) is 5.69 Å². The van der Waals surface area contributed by atoms with Gasteiger partial charge in [-0.3, -0.25) is 0 Å². The number of hydrogen-bond acceptors (Lipinski definition) is 5. The zero-order valence-electron chi connectivity index (χ0n) is 21.7. The summed E-state index contributed by atoms with van der Waals surface area (Å²) in [6.07, 6.45) is 0.702. The lowest BCUT2D eigenvalue weighted by atomic mass is 10.0. The molecule has 0 amide bonds. The normalized spacial score (nSPS) is 16.1. The molecule has 5 nitrogen and oxygen atoms in total. The molecule has 5 aromatic carbocycles. The summed E-state index contributed by atoms with van der Waals surface area (Å²) >= 11 is 0. The van der Waals surface area contributed by atoms with Crippen LogP contribution in [0.15, 0.2) is 146 Å². The molecule has 40 heavy (non-hydrogen) atoms. The molecular weight excluding hydrogens is 536 g/mol. The highest BCUT2D eigenvalue weighted by molar-refractivity contribution is 7.50. The van der Waals surface area contributed by atoms with Gasteiger partial charge in [-0.25, -0.2) is 0 Å². The van der Waals surface area contributed by atoms with Crippen LogP contribution in [0.3, 0.4) is 0 Å². The van der Waals surface area contributed by atoms with E-state index in [4.69, 9.17) is 18.1 Å². The van der Waals surface area contributed by atoms with Crippen LogP contribution in [0, 0.1) is 0 Å². The second-order valence-corrected chi connectivity index (χ2v) is 12.3. The molecule has 0 saturated heterocycles. The minimum absolute atomic E-state index is 0.0402. The number of hydrogen-bond donors (Lipinski definition) is 1. The lowest BCUT2D eigenvalue weighted by Gasteiger charge is -2.37. The summed E-state index contributed by atoms with van der Waals surface area (Å²) < 4.78 is 26.3. The minimum atomic E-state index is -1.44. The third-order valence-corrected chi connectivity index (χ3v) is 9.76. The molecule has 6 rings (SSSR count). The fourth-order valence-corrected chi connectivity index (χ4v) is 8.00. The Labute approximate surface area is 237 Å². The quantitative estimate of drug-likeness (QED) is 0.171. The van der Waals surface area contributed by atoms with Crippen LogP contribution in [0.1, 0.15) is 17.6 Å². The average Bonchev–Trinajstić information content (AvgIpc) is 3.02. The van der Waals surface area contributed by atoms with E-state index in [0.29, 0.717) is 6.42 Å². The van der Waals surface area contributed by atoms with Crippen molar-refractivity contribution in [2.24, 2.45) is 0 Å². The number of nitrogens with one attached hydrogen (secondary N) is 1. The molecule has 0 radical (unpaired) electrons. The highest BCUT2D eigenvalue weighted by Gasteiger charge is 2.42. The standard InChI is InChI=1S/C33H29NO4P2/c1-5-15-26(16-6-1)35-39(36-27-17-7-2-8-18-27)32-25-33(34-31-24-14-13-23-30(31)32)40(37-28-19-9-3-10-20-28)38-29-21-11-4-12-22-29/h1-24,32-34H,25H2. The lowest BCUT2D eigenvalue weighted by Crippen LogP contribution is -2.30. The molecule has 1 aliphatic rings. The zero-order chi connectivity index (χ0) is 27.0. The Bertz CT molecular complexity index is 1390. The predicted molar refractivity (Wildman–Crippen MR) is 163 cm³/mol. The first-order valence-electron chi connectivity index (χ1n) is 13.2. The fraction of sp³-hybridized carbons (Fsp3) is 0.0909. The highest BCUT2D eigenvalue weighted by atomic mass is 31.2. The Morgan fingerprint density at radius 3 is 1.27 bits per heavy atom. The van der Waals surface area contributed by atoms with Gasteiger partial charge in [0.25, 0.3) is 8.38 Å². The van der Waals surface area contributed by atoms with Crippen molar-refractivity contribution in [3.05, 3.63) is 151 Å².